The normalized spacial score (nSPS) is 16.8. The third-order valence-corrected chi connectivity index (χ3v) is 7.33. The number of benzene rings is 2. The Morgan fingerprint density at radius 2 is 1.72 bits per heavy atom. The molecule has 0 spiro atoms. The molecule has 2 aromatic carbocycles. The number of piperidine rings is 1. The fraction of sp³-hybridized carbons (Fsp3) is 0.600. The molecule has 0 aliphatic carbocycles. The van der Waals surface area contributed by atoms with E-state index in [1.54, 1.807) is 0 Å². The first-order valence-corrected chi connectivity index (χ1v) is 15.6. The zero-order chi connectivity index (χ0) is 28.8. The standard InChI is InChI=1S/C31H44N2O2.2C2H6/c1-6-27-11-7-8-12-29(27)22-32-14-9-13-28(21-32)25(5)33(19-23(2)3)20-26-17-24(4)31-30(18-26)34-15-10-16-35-31;2*1-2/h7-8,11-12,17-18,23,28H,5-6,9-10,13-16,19-22H2,1-4H3;2*1-2H3. The van der Waals surface area contributed by atoms with Crippen molar-refractivity contribution in [1.82, 2.24) is 9.80 Å². The van der Waals surface area contributed by atoms with Gasteiger partial charge in [0.05, 0.1) is 13.2 Å². The van der Waals surface area contributed by atoms with E-state index in [2.05, 4.69) is 80.5 Å². The van der Waals surface area contributed by atoms with Crippen LogP contribution in [0.3, 0.4) is 0 Å². The summed E-state index contributed by atoms with van der Waals surface area (Å²) in [5, 5.41) is 0. The van der Waals surface area contributed by atoms with E-state index in [0.717, 1.165) is 69.3 Å². The van der Waals surface area contributed by atoms with Gasteiger partial charge in [0.2, 0.25) is 0 Å². The van der Waals surface area contributed by atoms with Crippen molar-refractivity contribution >= 4 is 0 Å². The molecule has 0 saturated carbocycles. The molecular formula is C35H56N2O2. The van der Waals surface area contributed by atoms with Gasteiger partial charge in [-0.2, -0.15) is 0 Å². The van der Waals surface area contributed by atoms with Gasteiger partial charge < -0.3 is 14.4 Å². The first-order valence-electron chi connectivity index (χ1n) is 15.6. The third kappa shape index (κ3) is 9.60. The minimum atomic E-state index is 0.498. The first kappa shape index (κ1) is 32.8. The molecule has 4 heteroatoms. The highest BCUT2D eigenvalue weighted by atomic mass is 16.5. The van der Waals surface area contributed by atoms with Crippen LogP contribution in [0.25, 0.3) is 0 Å². The van der Waals surface area contributed by atoms with Crippen LogP contribution in [0.15, 0.2) is 48.7 Å². The number of fused-ring (bicyclic) bond motifs is 1. The Morgan fingerprint density at radius 3 is 2.41 bits per heavy atom. The molecule has 1 fully saturated rings. The third-order valence-electron chi connectivity index (χ3n) is 7.33. The second-order valence-electron chi connectivity index (χ2n) is 10.8. The molecular weight excluding hydrogens is 480 g/mol. The van der Waals surface area contributed by atoms with E-state index in [1.165, 1.54) is 41.8 Å². The molecule has 1 unspecified atom stereocenters. The van der Waals surface area contributed by atoms with Gasteiger partial charge in [0.25, 0.3) is 0 Å². The van der Waals surface area contributed by atoms with Crippen molar-refractivity contribution in [3.63, 3.8) is 0 Å². The average molecular weight is 537 g/mol. The van der Waals surface area contributed by atoms with Gasteiger partial charge in [-0.25, -0.2) is 0 Å². The Morgan fingerprint density at radius 1 is 1.03 bits per heavy atom. The molecule has 2 heterocycles. The van der Waals surface area contributed by atoms with Gasteiger partial charge in [-0.1, -0.05) is 85.4 Å². The molecule has 39 heavy (non-hydrogen) atoms. The van der Waals surface area contributed by atoms with Crippen molar-refractivity contribution in [2.45, 2.75) is 94.2 Å². The average Bonchev–Trinajstić information content (AvgIpc) is 3.21. The minimum absolute atomic E-state index is 0.498. The Balaban J connectivity index is 0.00000127. The molecule has 0 aromatic heterocycles. The maximum Gasteiger partial charge on any atom is 0.164 e. The highest BCUT2D eigenvalue weighted by Crippen LogP contribution is 2.36. The predicted octanol–water partition coefficient (Wildman–Crippen LogP) is 8.66. The first-order chi connectivity index (χ1) is 18.9. The molecule has 1 atom stereocenters. The lowest BCUT2D eigenvalue weighted by Gasteiger charge is -2.39. The molecule has 4 rings (SSSR count). The highest BCUT2D eigenvalue weighted by Gasteiger charge is 2.26. The van der Waals surface area contributed by atoms with Crippen LogP contribution < -0.4 is 9.47 Å². The fourth-order valence-electron chi connectivity index (χ4n) is 5.58. The number of hydrogen-bond donors (Lipinski definition) is 0. The van der Waals surface area contributed by atoms with Crippen LogP contribution in [0.2, 0.25) is 0 Å². The van der Waals surface area contributed by atoms with Gasteiger partial charge in [-0.3, -0.25) is 4.90 Å². The Labute approximate surface area is 240 Å². The zero-order valence-corrected chi connectivity index (χ0v) is 26.3. The molecule has 218 valence electrons. The van der Waals surface area contributed by atoms with E-state index >= 15 is 0 Å². The van der Waals surface area contributed by atoms with Crippen molar-refractivity contribution in [3.8, 4) is 11.5 Å². The van der Waals surface area contributed by atoms with Crippen LogP contribution in [0, 0.1) is 18.8 Å². The van der Waals surface area contributed by atoms with E-state index in [-0.39, 0.29) is 0 Å². The molecule has 4 nitrogen and oxygen atoms in total. The second kappa shape index (κ2) is 17.3. The number of likely N-dealkylation sites (tertiary alicyclic amines) is 1. The van der Waals surface area contributed by atoms with Gasteiger partial charge in [0.1, 0.15) is 0 Å². The van der Waals surface area contributed by atoms with Crippen molar-refractivity contribution in [2.75, 3.05) is 32.8 Å². The summed E-state index contributed by atoms with van der Waals surface area (Å²) < 4.78 is 12.0. The summed E-state index contributed by atoms with van der Waals surface area (Å²) in [7, 11) is 0. The van der Waals surface area contributed by atoms with E-state index in [9.17, 15) is 0 Å². The molecule has 0 radical (unpaired) electrons. The van der Waals surface area contributed by atoms with Crippen molar-refractivity contribution in [3.05, 3.63) is 70.9 Å². The number of nitrogens with zero attached hydrogens (tertiary/aromatic N) is 2. The fourth-order valence-corrected chi connectivity index (χ4v) is 5.58. The largest absolute Gasteiger partial charge is 0.490 e. The van der Waals surface area contributed by atoms with E-state index < -0.39 is 0 Å². The summed E-state index contributed by atoms with van der Waals surface area (Å²) in [5.41, 5.74) is 6.67. The number of ether oxygens (including phenoxy) is 2. The van der Waals surface area contributed by atoms with Crippen LogP contribution in [0.4, 0.5) is 0 Å². The van der Waals surface area contributed by atoms with E-state index in [4.69, 9.17) is 9.47 Å². The van der Waals surface area contributed by atoms with Crippen LogP contribution in [0.1, 0.15) is 90.0 Å². The quantitative estimate of drug-likeness (QED) is 0.320. The topological polar surface area (TPSA) is 24.9 Å². The Kier molecular flexibility index (Phi) is 14.5. The van der Waals surface area contributed by atoms with E-state index in [1.807, 2.05) is 27.7 Å². The molecule has 0 amide bonds. The SMILES string of the molecule is C=C(C1CCCN(Cc2ccccc2CC)C1)N(Cc1cc(C)c2c(c1)OCCCO2)CC(C)C.CC.CC. The van der Waals surface area contributed by atoms with Gasteiger partial charge >= 0.3 is 0 Å². The lowest BCUT2D eigenvalue weighted by atomic mass is 9.92. The lowest BCUT2D eigenvalue weighted by molar-refractivity contribution is 0.154. The predicted molar refractivity (Wildman–Crippen MR) is 168 cm³/mol. The number of aryl methyl sites for hydroxylation is 2. The minimum Gasteiger partial charge on any atom is -0.490 e. The second-order valence-corrected chi connectivity index (χ2v) is 10.8. The summed E-state index contributed by atoms with van der Waals surface area (Å²) in [6.07, 6.45) is 4.48. The van der Waals surface area contributed by atoms with Gasteiger partial charge in [-0.05, 0) is 67.0 Å². The van der Waals surface area contributed by atoms with Crippen LogP contribution in [-0.2, 0) is 19.5 Å². The smallest absolute Gasteiger partial charge is 0.164 e. The molecule has 2 aromatic rings. The molecule has 2 aliphatic rings. The highest BCUT2D eigenvalue weighted by molar-refractivity contribution is 5.49. The van der Waals surface area contributed by atoms with Crippen molar-refractivity contribution in [2.24, 2.45) is 11.8 Å². The summed E-state index contributed by atoms with van der Waals surface area (Å²) in [6.45, 7) is 28.3. The van der Waals surface area contributed by atoms with E-state index in [0.29, 0.717) is 11.8 Å². The van der Waals surface area contributed by atoms with Crippen molar-refractivity contribution < 1.29 is 9.47 Å². The Hall–Kier alpha value is -2.46. The van der Waals surface area contributed by atoms with Crippen LogP contribution in [0.5, 0.6) is 11.5 Å². The zero-order valence-electron chi connectivity index (χ0n) is 26.3. The lowest BCUT2D eigenvalue weighted by Crippen LogP contribution is -2.40. The molecule has 0 bridgehead atoms. The monoisotopic (exact) mass is 536 g/mol. The number of rotatable bonds is 9. The molecule has 0 N–H and O–H groups in total. The summed E-state index contributed by atoms with van der Waals surface area (Å²) >= 11 is 0. The maximum absolute atomic E-state index is 6.03. The Bertz CT molecular complexity index is 1000. The summed E-state index contributed by atoms with van der Waals surface area (Å²) in [5.74, 6) is 2.88. The summed E-state index contributed by atoms with van der Waals surface area (Å²) in [4.78, 5) is 5.16. The van der Waals surface area contributed by atoms with Crippen molar-refractivity contribution in [1.29, 1.82) is 0 Å². The van der Waals surface area contributed by atoms with Gasteiger partial charge in [0, 0.05) is 44.2 Å². The molecule has 1 saturated heterocycles. The van der Waals surface area contributed by atoms with Crippen LogP contribution >= 0.6 is 0 Å². The van der Waals surface area contributed by atoms with Gasteiger partial charge in [-0.15, -0.1) is 0 Å². The maximum atomic E-state index is 6.03. The number of hydrogen-bond acceptors (Lipinski definition) is 4. The van der Waals surface area contributed by atoms with Crippen LogP contribution in [-0.4, -0.2) is 42.6 Å². The molecule has 2 aliphatic heterocycles. The van der Waals surface area contributed by atoms with Gasteiger partial charge in [0.15, 0.2) is 11.5 Å². The summed E-state index contributed by atoms with van der Waals surface area (Å²) in [6, 6.07) is 13.4.